The Kier molecular flexibility index (Phi) is 10.6. The number of hydrogen-bond donors (Lipinski definition) is 2. The van der Waals surface area contributed by atoms with Gasteiger partial charge in [-0.1, -0.05) is 26.8 Å². The molecule has 0 aliphatic rings. The summed E-state index contributed by atoms with van der Waals surface area (Å²) in [7, 11) is -4.12. The lowest BCUT2D eigenvalue weighted by Gasteiger charge is -2.29. The van der Waals surface area contributed by atoms with Crippen LogP contribution in [0.15, 0.2) is 24.5 Å². The molecule has 1 aromatic rings. The summed E-state index contributed by atoms with van der Waals surface area (Å²) >= 11 is 0. The van der Waals surface area contributed by atoms with E-state index in [-0.39, 0.29) is 25.4 Å². The van der Waals surface area contributed by atoms with Crippen molar-refractivity contribution in [2.24, 2.45) is 5.41 Å². The molecule has 28 heavy (non-hydrogen) atoms. The summed E-state index contributed by atoms with van der Waals surface area (Å²) < 4.78 is 34.4. The molecule has 0 aromatic carbocycles. The van der Waals surface area contributed by atoms with E-state index in [9.17, 15) is 23.1 Å². The third kappa shape index (κ3) is 8.09. The van der Waals surface area contributed by atoms with Crippen LogP contribution in [-0.2, 0) is 35.2 Å². The molecule has 0 saturated carbocycles. The van der Waals surface area contributed by atoms with Crippen LogP contribution >= 0.6 is 12.4 Å². The summed E-state index contributed by atoms with van der Waals surface area (Å²) in [6.07, 6.45) is 1.60. The molecule has 160 valence electrons. The van der Waals surface area contributed by atoms with Gasteiger partial charge >= 0.3 is 5.97 Å². The number of halogens is 1. The molecule has 2 N–H and O–H groups in total. The maximum atomic E-state index is 12.2. The average molecular weight is 439 g/mol. The van der Waals surface area contributed by atoms with E-state index < -0.39 is 45.5 Å². The second kappa shape index (κ2) is 11.3. The van der Waals surface area contributed by atoms with Gasteiger partial charge in [-0.2, -0.15) is 8.42 Å². The van der Waals surface area contributed by atoms with E-state index in [1.165, 1.54) is 27.0 Å². The van der Waals surface area contributed by atoms with E-state index in [0.717, 1.165) is 0 Å². The second-order valence-electron chi connectivity index (χ2n) is 6.71. The highest BCUT2D eigenvalue weighted by Gasteiger charge is 2.38. The zero-order valence-corrected chi connectivity index (χ0v) is 17.9. The fourth-order valence-electron chi connectivity index (χ4n) is 2.04. The molecule has 0 spiro atoms. The number of aliphatic hydroxyl groups excluding tert-OH is 1. The van der Waals surface area contributed by atoms with Crippen LogP contribution in [0.4, 0.5) is 0 Å². The number of rotatable bonds is 10. The number of aliphatic hydroxyl groups is 1. The quantitative estimate of drug-likeness (QED) is 0.410. The van der Waals surface area contributed by atoms with Gasteiger partial charge in [0.05, 0.1) is 6.61 Å². The number of hydrogen-bond acceptors (Lipinski definition) is 8. The number of ether oxygens (including phenoxy) is 1. The first-order valence-electron chi connectivity index (χ1n) is 8.38. The average Bonchev–Trinajstić information content (AvgIpc) is 2.62. The number of carbonyl (C=O) groups excluding carboxylic acids is 2. The Labute approximate surface area is 171 Å². The first kappa shape index (κ1) is 26.2. The summed E-state index contributed by atoms with van der Waals surface area (Å²) in [5.41, 5.74) is -0.594. The van der Waals surface area contributed by atoms with Crippen LogP contribution in [0, 0.1) is 5.41 Å². The molecule has 0 bridgehead atoms. The Balaban J connectivity index is 0.00000729. The third-order valence-electron chi connectivity index (χ3n) is 3.75. The Hall–Kier alpha value is -1.75. The molecule has 0 aliphatic heterocycles. The predicted octanol–water partition coefficient (Wildman–Crippen LogP) is 1.15. The van der Waals surface area contributed by atoms with Crippen molar-refractivity contribution in [2.45, 2.75) is 52.2 Å². The normalized spacial score (nSPS) is 13.8. The lowest BCUT2D eigenvalue weighted by atomic mass is 9.88. The predicted molar refractivity (Wildman–Crippen MR) is 104 cm³/mol. The molecule has 0 saturated heterocycles. The van der Waals surface area contributed by atoms with Gasteiger partial charge in [-0.25, -0.2) is 4.79 Å². The van der Waals surface area contributed by atoms with Crippen LogP contribution in [0.25, 0.3) is 0 Å². The Bertz CT molecular complexity index is 741. The molecule has 1 unspecified atom stereocenters. The van der Waals surface area contributed by atoms with Crippen molar-refractivity contribution in [3.8, 4) is 0 Å². The molecule has 11 heteroatoms. The molecule has 1 amide bonds. The number of esters is 1. The summed E-state index contributed by atoms with van der Waals surface area (Å²) in [6, 6.07) is 3.39. The fourth-order valence-corrected chi connectivity index (χ4v) is 3.39. The zero-order chi connectivity index (χ0) is 20.7. The van der Waals surface area contributed by atoms with Crippen molar-refractivity contribution < 1.29 is 32.0 Å². The molecule has 0 radical (unpaired) electrons. The van der Waals surface area contributed by atoms with Crippen molar-refractivity contribution in [1.82, 2.24) is 10.3 Å². The molecule has 1 aromatic heterocycles. The van der Waals surface area contributed by atoms with Gasteiger partial charge in [0, 0.05) is 30.3 Å². The van der Waals surface area contributed by atoms with Crippen LogP contribution in [0.5, 0.6) is 0 Å². The van der Waals surface area contributed by atoms with Gasteiger partial charge in [0.2, 0.25) is 5.91 Å². The van der Waals surface area contributed by atoms with Gasteiger partial charge in [-0.15, -0.1) is 12.4 Å². The SMILES string of the molecule is CCC(NC(C)=O)S(=O)(=O)OCC(C)(C)[C@@H](O)C(=O)OCc1cccnc1.Cl. The van der Waals surface area contributed by atoms with Crippen molar-refractivity contribution in [3.63, 3.8) is 0 Å². The van der Waals surface area contributed by atoms with Crippen LogP contribution in [0.3, 0.4) is 0 Å². The van der Waals surface area contributed by atoms with Crippen molar-refractivity contribution in [2.75, 3.05) is 6.61 Å². The number of nitrogens with zero attached hydrogens (tertiary/aromatic N) is 1. The third-order valence-corrected chi connectivity index (χ3v) is 5.34. The smallest absolute Gasteiger partial charge is 0.335 e. The summed E-state index contributed by atoms with van der Waals surface area (Å²) in [4.78, 5) is 27.1. The monoisotopic (exact) mass is 438 g/mol. The van der Waals surface area contributed by atoms with Gasteiger partial charge in [-0.05, 0) is 12.5 Å². The van der Waals surface area contributed by atoms with E-state index in [2.05, 4.69) is 10.3 Å². The minimum absolute atomic E-state index is 0. The zero-order valence-electron chi connectivity index (χ0n) is 16.2. The highest BCUT2D eigenvalue weighted by atomic mass is 35.5. The summed E-state index contributed by atoms with van der Waals surface area (Å²) in [6.45, 7) is 5.19. The maximum Gasteiger partial charge on any atom is 0.335 e. The minimum atomic E-state index is -4.12. The van der Waals surface area contributed by atoms with E-state index in [0.29, 0.717) is 5.56 Å². The number of carbonyl (C=O) groups is 2. The van der Waals surface area contributed by atoms with Crippen LogP contribution in [0.1, 0.15) is 39.7 Å². The number of pyridine rings is 1. The highest BCUT2D eigenvalue weighted by molar-refractivity contribution is 7.87. The molecule has 1 heterocycles. The van der Waals surface area contributed by atoms with Gasteiger partial charge < -0.3 is 15.2 Å². The van der Waals surface area contributed by atoms with E-state index in [1.807, 2.05) is 0 Å². The molecular formula is C17H27ClN2O7S. The number of aromatic nitrogens is 1. The van der Waals surface area contributed by atoms with Crippen LogP contribution < -0.4 is 5.32 Å². The number of amides is 1. The maximum absolute atomic E-state index is 12.2. The van der Waals surface area contributed by atoms with Crippen molar-refractivity contribution >= 4 is 34.4 Å². The topological polar surface area (TPSA) is 132 Å². The fraction of sp³-hybridized carbons (Fsp3) is 0.588. The van der Waals surface area contributed by atoms with E-state index >= 15 is 0 Å². The van der Waals surface area contributed by atoms with Crippen LogP contribution in [0.2, 0.25) is 0 Å². The molecule has 0 aliphatic carbocycles. The van der Waals surface area contributed by atoms with E-state index in [4.69, 9.17) is 8.92 Å². The van der Waals surface area contributed by atoms with Crippen molar-refractivity contribution in [3.05, 3.63) is 30.1 Å². The highest BCUT2D eigenvalue weighted by Crippen LogP contribution is 2.24. The summed E-state index contributed by atoms with van der Waals surface area (Å²) in [5, 5.41) is 11.3. The Morgan fingerprint density at radius 2 is 2.00 bits per heavy atom. The molecular weight excluding hydrogens is 412 g/mol. The van der Waals surface area contributed by atoms with Crippen LogP contribution in [-0.4, -0.2) is 48.5 Å². The van der Waals surface area contributed by atoms with Gasteiger partial charge in [0.25, 0.3) is 10.1 Å². The summed E-state index contributed by atoms with van der Waals surface area (Å²) in [5.74, 6) is -1.41. The Morgan fingerprint density at radius 1 is 1.36 bits per heavy atom. The van der Waals surface area contributed by atoms with E-state index in [1.54, 1.807) is 25.3 Å². The molecule has 9 nitrogen and oxygen atoms in total. The molecule has 2 atom stereocenters. The first-order chi connectivity index (χ1) is 12.5. The van der Waals surface area contributed by atoms with Crippen molar-refractivity contribution in [1.29, 1.82) is 0 Å². The first-order valence-corrected chi connectivity index (χ1v) is 9.85. The number of nitrogens with one attached hydrogen (secondary N) is 1. The van der Waals surface area contributed by atoms with Gasteiger partial charge in [0.1, 0.15) is 6.61 Å². The standard InChI is InChI=1S/C17H26N2O7S.ClH/c1-5-14(19-12(2)20)27(23,24)26-11-17(3,4)15(21)16(22)25-10-13-7-6-8-18-9-13;/h6-9,14-15,21H,5,10-11H2,1-4H3,(H,19,20);1H/t14?,15-;/m0./s1. The van der Waals surface area contributed by atoms with Gasteiger partial charge in [0.15, 0.2) is 11.5 Å². The minimum Gasteiger partial charge on any atom is -0.459 e. The molecule has 1 rings (SSSR count). The lowest BCUT2D eigenvalue weighted by Crippen LogP contribution is -2.44. The van der Waals surface area contributed by atoms with Gasteiger partial charge in [-0.3, -0.25) is 14.0 Å². The second-order valence-corrected chi connectivity index (χ2v) is 8.50. The largest absolute Gasteiger partial charge is 0.459 e. The lowest BCUT2D eigenvalue weighted by molar-refractivity contribution is -0.162. The Morgan fingerprint density at radius 3 is 2.50 bits per heavy atom. The molecule has 0 fully saturated rings.